The number of nitrogens with one attached hydrogen (secondary N) is 1. The third-order valence-corrected chi connectivity index (χ3v) is 5.64. The number of carbonyl (C=O) groups excluding carboxylic acids is 2. The third kappa shape index (κ3) is 4.53. The van der Waals surface area contributed by atoms with E-state index in [4.69, 9.17) is 27.9 Å². The van der Waals surface area contributed by atoms with E-state index < -0.39 is 0 Å². The van der Waals surface area contributed by atoms with Crippen LogP contribution in [0.5, 0.6) is 0 Å². The van der Waals surface area contributed by atoms with Gasteiger partial charge in [-0.05, 0) is 48.9 Å². The van der Waals surface area contributed by atoms with Crippen LogP contribution in [0.3, 0.4) is 0 Å². The van der Waals surface area contributed by atoms with Crippen LogP contribution in [0.1, 0.15) is 34.1 Å². The summed E-state index contributed by atoms with van der Waals surface area (Å²) in [5.74, 6) is -0.652. The Hall–Kier alpha value is -2.76. The maximum absolute atomic E-state index is 12.9. The summed E-state index contributed by atoms with van der Waals surface area (Å²) in [6.07, 6.45) is 4.83. The van der Waals surface area contributed by atoms with Crippen LogP contribution in [0.25, 0.3) is 0 Å². The molecule has 1 aliphatic rings. The summed E-state index contributed by atoms with van der Waals surface area (Å²) in [6.45, 7) is 2.04. The molecule has 0 spiro atoms. The lowest BCUT2D eigenvalue weighted by molar-refractivity contribution is 0.0600. The summed E-state index contributed by atoms with van der Waals surface area (Å²) in [6, 6.07) is 12.0. The number of hydrogen-bond donors (Lipinski definition) is 1. The molecule has 1 unspecified atom stereocenters. The molecular formula is C23H22Cl2N2O3. The van der Waals surface area contributed by atoms with Crippen molar-refractivity contribution in [2.75, 3.05) is 19.1 Å². The fourth-order valence-electron chi connectivity index (χ4n) is 3.30. The van der Waals surface area contributed by atoms with E-state index in [9.17, 15) is 9.59 Å². The Morgan fingerprint density at radius 1 is 1.10 bits per heavy atom. The van der Waals surface area contributed by atoms with Gasteiger partial charge in [0.1, 0.15) is 0 Å². The van der Waals surface area contributed by atoms with Gasteiger partial charge in [0.2, 0.25) is 0 Å². The Kier molecular flexibility index (Phi) is 6.85. The molecule has 1 N–H and O–H groups in total. The van der Waals surface area contributed by atoms with Gasteiger partial charge in [-0.1, -0.05) is 42.3 Å². The van der Waals surface area contributed by atoms with Crippen molar-refractivity contribution in [3.8, 4) is 0 Å². The highest BCUT2D eigenvalue weighted by Gasteiger charge is 2.24. The lowest BCUT2D eigenvalue weighted by atomic mass is 9.95. The molecule has 30 heavy (non-hydrogen) atoms. The normalized spacial score (nSPS) is 15.7. The molecule has 2 aromatic carbocycles. The largest absolute Gasteiger partial charge is 0.465 e. The van der Waals surface area contributed by atoms with E-state index in [1.54, 1.807) is 30.3 Å². The molecule has 3 rings (SSSR count). The van der Waals surface area contributed by atoms with Gasteiger partial charge in [0.05, 0.1) is 34.0 Å². The molecule has 1 amide bonds. The van der Waals surface area contributed by atoms with E-state index in [0.717, 1.165) is 23.5 Å². The first-order valence-electron chi connectivity index (χ1n) is 9.41. The lowest BCUT2D eigenvalue weighted by Crippen LogP contribution is -2.32. The highest BCUT2D eigenvalue weighted by molar-refractivity contribution is 6.39. The predicted molar refractivity (Wildman–Crippen MR) is 120 cm³/mol. The SMILES string of the molecule is COC(=O)c1ccc(N(C)C2=C(NC(=O)c3c(Cl)cccc3Cl)C(C)CC=C2)cc1. The van der Waals surface area contributed by atoms with Crippen molar-refractivity contribution in [2.24, 2.45) is 5.92 Å². The van der Waals surface area contributed by atoms with Gasteiger partial charge < -0.3 is 15.0 Å². The number of halogens is 2. The molecule has 0 radical (unpaired) electrons. The minimum atomic E-state index is -0.390. The average molecular weight is 445 g/mol. The summed E-state index contributed by atoms with van der Waals surface area (Å²) in [7, 11) is 3.25. The quantitative estimate of drug-likeness (QED) is 0.622. The second-order valence-electron chi connectivity index (χ2n) is 6.99. The van der Waals surface area contributed by atoms with Crippen molar-refractivity contribution in [1.82, 2.24) is 5.32 Å². The van der Waals surface area contributed by atoms with Crippen molar-refractivity contribution >= 4 is 40.8 Å². The first kappa shape index (κ1) is 21.9. The van der Waals surface area contributed by atoms with Gasteiger partial charge >= 0.3 is 5.97 Å². The number of anilines is 1. The zero-order chi connectivity index (χ0) is 21.8. The Morgan fingerprint density at radius 2 is 1.73 bits per heavy atom. The molecule has 0 aliphatic heterocycles. The van der Waals surface area contributed by atoms with Crippen molar-refractivity contribution < 1.29 is 14.3 Å². The predicted octanol–water partition coefficient (Wildman–Crippen LogP) is 5.45. The van der Waals surface area contributed by atoms with Crippen molar-refractivity contribution in [1.29, 1.82) is 0 Å². The number of amides is 1. The molecule has 0 bridgehead atoms. The van der Waals surface area contributed by atoms with E-state index in [1.165, 1.54) is 7.11 Å². The van der Waals surface area contributed by atoms with Gasteiger partial charge in [-0.2, -0.15) is 0 Å². The van der Waals surface area contributed by atoms with Gasteiger partial charge in [-0.15, -0.1) is 0 Å². The molecule has 1 atom stereocenters. The maximum atomic E-state index is 12.9. The Balaban J connectivity index is 1.93. The van der Waals surface area contributed by atoms with Crippen molar-refractivity contribution in [3.05, 3.63) is 87.2 Å². The Bertz CT molecular complexity index is 1010. The topological polar surface area (TPSA) is 58.6 Å². The molecule has 0 saturated heterocycles. The number of nitrogens with zero attached hydrogens (tertiary/aromatic N) is 1. The summed E-state index contributed by atoms with van der Waals surface area (Å²) in [5, 5.41) is 3.61. The van der Waals surface area contributed by atoms with Crippen LogP contribution in [-0.4, -0.2) is 26.0 Å². The first-order chi connectivity index (χ1) is 14.3. The van der Waals surface area contributed by atoms with Gasteiger partial charge in [-0.3, -0.25) is 4.79 Å². The van der Waals surface area contributed by atoms with Crippen molar-refractivity contribution in [2.45, 2.75) is 13.3 Å². The third-order valence-electron chi connectivity index (χ3n) is 5.01. The van der Waals surface area contributed by atoms with Gasteiger partial charge in [0.25, 0.3) is 5.91 Å². The Morgan fingerprint density at radius 3 is 2.33 bits per heavy atom. The molecule has 0 aromatic heterocycles. The number of allylic oxidation sites excluding steroid dienone is 3. The molecule has 0 saturated carbocycles. The van der Waals surface area contributed by atoms with Crippen LogP contribution in [-0.2, 0) is 4.74 Å². The molecule has 5 nitrogen and oxygen atoms in total. The number of ether oxygens (including phenoxy) is 1. The average Bonchev–Trinajstić information content (AvgIpc) is 2.74. The zero-order valence-electron chi connectivity index (χ0n) is 16.9. The summed E-state index contributed by atoms with van der Waals surface area (Å²) in [4.78, 5) is 26.6. The van der Waals surface area contributed by atoms with Gasteiger partial charge in [0.15, 0.2) is 0 Å². The zero-order valence-corrected chi connectivity index (χ0v) is 18.4. The second kappa shape index (κ2) is 9.37. The number of likely N-dealkylation sites (N-methyl/N-ethyl adjacent to an activating group) is 1. The number of esters is 1. The highest BCUT2D eigenvalue weighted by atomic mass is 35.5. The first-order valence-corrected chi connectivity index (χ1v) is 10.2. The molecule has 156 valence electrons. The second-order valence-corrected chi connectivity index (χ2v) is 7.80. The van der Waals surface area contributed by atoms with Crippen LogP contribution in [0.4, 0.5) is 5.69 Å². The van der Waals surface area contributed by atoms with Crippen LogP contribution >= 0.6 is 23.2 Å². The lowest BCUT2D eigenvalue weighted by Gasteiger charge is -2.29. The number of hydrogen-bond acceptors (Lipinski definition) is 4. The van der Waals surface area contributed by atoms with E-state index in [2.05, 4.69) is 11.4 Å². The highest BCUT2D eigenvalue weighted by Crippen LogP contribution is 2.30. The molecule has 2 aromatic rings. The summed E-state index contributed by atoms with van der Waals surface area (Å²) in [5.41, 5.74) is 3.20. The molecular weight excluding hydrogens is 423 g/mol. The van der Waals surface area contributed by atoms with E-state index in [-0.39, 0.29) is 23.4 Å². The number of rotatable bonds is 5. The fourth-order valence-corrected chi connectivity index (χ4v) is 3.87. The fraction of sp³-hybridized carbons (Fsp3) is 0.217. The molecule has 1 aliphatic carbocycles. The molecule has 0 heterocycles. The minimum absolute atomic E-state index is 0.0898. The summed E-state index contributed by atoms with van der Waals surface area (Å²) >= 11 is 12.4. The monoisotopic (exact) mass is 444 g/mol. The van der Waals surface area contributed by atoms with Crippen LogP contribution in [0.2, 0.25) is 10.0 Å². The molecule has 7 heteroatoms. The van der Waals surface area contributed by atoms with E-state index in [0.29, 0.717) is 15.6 Å². The number of methoxy groups -OCH3 is 1. The van der Waals surface area contributed by atoms with Crippen molar-refractivity contribution in [3.63, 3.8) is 0 Å². The number of carbonyl (C=O) groups is 2. The molecule has 0 fully saturated rings. The smallest absolute Gasteiger partial charge is 0.337 e. The van der Waals surface area contributed by atoms with E-state index in [1.807, 2.05) is 37.1 Å². The van der Waals surface area contributed by atoms with Crippen LogP contribution in [0.15, 0.2) is 66.0 Å². The van der Waals surface area contributed by atoms with Gasteiger partial charge in [-0.25, -0.2) is 4.79 Å². The van der Waals surface area contributed by atoms with E-state index >= 15 is 0 Å². The number of benzene rings is 2. The van der Waals surface area contributed by atoms with Gasteiger partial charge in [0, 0.05) is 24.4 Å². The summed E-state index contributed by atoms with van der Waals surface area (Å²) < 4.78 is 4.75. The van der Waals surface area contributed by atoms with Crippen LogP contribution < -0.4 is 10.2 Å². The minimum Gasteiger partial charge on any atom is -0.465 e. The standard InChI is InChI=1S/C23H22Cl2N2O3/c1-14-6-4-9-19(27(2)16-12-10-15(11-13-16)23(29)30-3)21(14)26-22(28)20-17(24)7-5-8-18(20)25/h4-5,7-14H,6H2,1-3H3,(H,26,28). The Labute approximate surface area is 185 Å². The maximum Gasteiger partial charge on any atom is 0.337 e. The van der Waals surface area contributed by atoms with Crippen LogP contribution in [0, 0.1) is 5.92 Å².